The number of nitrogens with zero attached hydrogens (tertiary/aromatic N) is 3. The van der Waals surface area contributed by atoms with E-state index in [4.69, 9.17) is 9.72 Å². The highest BCUT2D eigenvalue weighted by Gasteiger charge is 2.30. The zero-order valence-corrected chi connectivity index (χ0v) is 24.0. The van der Waals surface area contributed by atoms with Gasteiger partial charge in [-0.15, -0.1) is 11.8 Å². The molecular formula is C29H29N3O4S3. The van der Waals surface area contributed by atoms with Crippen molar-refractivity contribution in [3.8, 4) is 0 Å². The topological polar surface area (TPSA) is 79.8 Å². The Morgan fingerprint density at radius 1 is 1.13 bits per heavy atom. The molecule has 0 bridgehead atoms. The van der Waals surface area contributed by atoms with Crippen LogP contribution in [0.25, 0.3) is 10.2 Å². The lowest BCUT2D eigenvalue weighted by atomic mass is 10.0. The molecule has 3 heterocycles. The normalized spacial score (nSPS) is 17.4. The van der Waals surface area contributed by atoms with Crippen LogP contribution in [-0.2, 0) is 21.2 Å². The van der Waals surface area contributed by atoms with Gasteiger partial charge >= 0.3 is 0 Å². The van der Waals surface area contributed by atoms with Crippen molar-refractivity contribution in [1.29, 1.82) is 0 Å². The maximum absolute atomic E-state index is 13.8. The Labute approximate surface area is 236 Å². The first kappa shape index (κ1) is 26.3. The summed E-state index contributed by atoms with van der Waals surface area (Å²) in [4.78, 5) is 21.6. The first-order valence-corrected chi connectivity index (χ1v) is 16.5. The first-order valence-electron chi connectivity index (χ1n) is 13.0. The Hall–Kier alpha value is -2.92. The summed E-state index contributed by atoms with van der Waals surface area (Å²) in [5, 5.41) is 0.616. The van der Waals surface area contributed by atoms with Crippen LogP contribution in [0.4, 0.5) is 10.8 Å². The number of thiazole rings is 1. The van der Waals surface area contributed by atoms with Gasteiger partial charge in [-0.3, -0.25) is 14.0 Å². The first-order chi connectivity index (χ1) is 18.9. The van der Waals surface area contributed by atoms with Crippen LogP contribution in [0.15, 0.2) is 76.5 Å². The Morgan fingerprint density at radius 2 is 1.95 bits per heavy atom. The summed E-state index contributed by atoms with van der Waals surface area (Å²) in [6.45, 7) is 1.53. The molecule has 2 aliphatic heterocycles. The van der Waals surface area contributed by atoms with Gasteiger partial charge in [-0.2, -0.15) is 0 Å². The van der Waals surface area contributed by atoms with Crippen LogP contribution in [0.5, 0.6) is 0 Å². The molecule has 1 fully saturated rings. The zero-order chi connectivity index (χ0) is 27.0. The van der Waals surface area contributed by atoms with Gasteiger partial charge in [-0.1, -0.05) is 29.5 Å². The lowest BCUT2D eigenvalue weighted by Gasteiger charge is -2.30. The highest BCUT2D eigenvalue weighted by molar-refractivity contribution is 7.98. The van der Waals surface area contributed by atoms with Crippen molar-refractivity contribution in [2.45, 2.75) is 41.6 Å². The standard InChI is InChI=1S/C29H29N3O4S3/c1-37-23-12-15-25-27(18-23)38-29(30-25)31(19-22-8-5-17-36-22)28(33)21-10-13-24(14-11-21)39(34,35)32-16-4-7-20-6-2-3-9-26(20)32/h2-3,6,9-15,18,22H,4-5,7-8,16-17,19H2,1H3. The molecular weight excluding hydrogens is 551 g/mol. The van der Waals surface area contributed by atoms with Gasteiger partial charge < -0.3 is 4.74 Å². The van der Waals surface area contributed by atoms with Crippen LogP contribution >= 0.6 is 23.1 Å². The molecule has 202 valence electrons. The fourth-order valence-electron chi connectivity index (χ4n) is 5.18. The minimum atomic E-state index is -3.76. The minimum Gasteiger partial charge on any atom is -0.376 e. The number of rotatable bonds is 7. The van der Waals surface area contributed by atoms with Crippen molar-refractivity contribution in [3.05, 3.63) is 77.9 Å². The number of carbonyl (C=O) groups is 1. The second-order valence-electron chi connectivity index (χ2n) is 9.71. The molecule has 10 heteroatoms. The van der Waals surface area contributed by atoms with Gasteiger partial charge in [-0.05, 0) is 86.0 Å². The van der Waals surface area contributed by atoms with E-state index in [1.165, 1.54) is 27.8 Å². The summed E-state index contributed by atoms with van der Waals surface area (Å²) in [6.07, 6.45) is 5.47. The van der Waals surface area contributed by atoms with E-state index in [0.29, 0.717) is 30.4 Å². The predicted molar refractivity (Wildman–Crippen MR) is 158 cm³/mol. The van der Waals surface area contributed by atoms with Crippen LogP contribution in [-0.4, -0.2) is 51.4 Å². The molecule has 3 aromatic carbocycles. The number of para-hydroxylation sites is 1. The minimum absolute atomic E-state index is 0.0541. The highest BCUT2D eigenvalue weighted by atomic mass is 32.2. The molecule has 0 spiro atoms. The summed E-state index contributed by atoms with van der Waals surface area (Å²) in [6, 6.07) is 20.0. The van der Waals surface area contributed by atoms with Gasteiger partial charge in [0.1, 0.15) is 0 Å². The number of thioether (sulfide) groups is 1. The van der Waals surface area contributed by atoms with E-state index in [9.17, 15) is 13.2 Å². The smallest absolute Gasteiger partial charge is 0.264 e. The van der Waals surface area contributed by atoms with E-state index in [2.05, 4.69) is 6.07 Å². The second-order valence-corrected chi connectivity index (χ2v) is 13.5. The van der Waals surface area contributed by atoms with Crippen molar-refractivity contribution in [2.24, 2.45) is 0 Å². The summed E-state index contributed by atoms with van der Waals surface area (Å²) in [5.74, 6) is -0.220. The number of fused-ring (bicyclic) bond motifs is 2. The Kier molecular flexibility index (Phi) is 7.37. The van der Waals surface area contributed by atoms with Crippen LogP contribution in [0.2, 0.25) is 0 Å². The van der Waals surface area contributed by atoms with Crippen LogP contribution in [0.3, 0.4) is 0 Å². The van der Waals surface area contributed by atoms with Crippen molar-refractivity contribution >= 4 is 60.1 Å². The van der Waals surface area contributed by atoms with Crippen molar-refractivity contribution in [2.75, 3.05) is 35.2 Å². The number of hydrogen-bond acceptors (Lipinski definition) is 7. The molecule has 1 saturated heterocycles. The summed E-state index contributed by atoms with van der Waals surface area (Å²) in [7, 11) is -3.76. The van der Waals surface area contributed by atoms with Gasteiger partial charge in [0.2, 0.25) is 0 Å². The molecule has 0 N–H and O–H groups in total. The van der Waals surface area contributed by atoms with Crippen LogP contribution < -0.4 is 9.21 Å². The molecule has 39 heavy (non-hydrogen) atoms. The molecule has 1 atom stereocenters. The molecule has 0 radical (unpaired) electrons. The van der Waals surface area contributed by atoms with E-state index in [-0.39, 0.29) is 16.9 Å². The fraction of sp³-hybridized carbons (Fsp3) is 0.310. The number of carbonyl (C=O) groups excluding carboxylic acids is 1. The average Bonchev–Trinajstić information content (AvgIpc) is 3.64. The van der Waals surface area contributed by atoms with E-state index >= 15 is 0 Å². The van der Waals surface area contributed by atoms with Crippen molar-refractivity contribution < 1.29 is 17.9 Å². The number of ether oxygens (including phenoxy) is 1. The van der Waals surface area contributed by atoms with Gasteiger partial charge in [-0.25, -0.2) is 13.4 Å². The summed E-state index contributed by atoms with van der Waals surface area (Å²) in [5.41, 5.74) is 3.02. The quantitative estimate of drug-likeness (QED) is 0.251. The maximum Gasteiger partial charge on any atom is 0.264 e. The fourth-order valence-corrected chi connectivity index (χ4v) is 8.24. The molecule has 4 aromatic rings. The van der Waals surface area contributed by atoms with Gasteiger partial charge in [0, 0.05) is 23.6 Å². The molecule has 1 unspecified atom stereocenters. The molecule has 1 amide bonds. The average molecular weight is 580 g/mol. The highest BCUT2D eigenvalue weighted by Crippen LogP contribution is 2.34. The number of aryl methyl sites for hydroxylation is 1. The Bertz CT molecular complexity index is 1610. The number of anilines is 2. The number of amides is 1. The molecule has 0 aliphatic carbocycles. The monoisotopic (exact) mass is 579 g/mol. The van der Waals surface area contributed by atoms with E-state index in [1.54, 1.807) is 28.8 Å². The predicted octanol–water partition coefficient (Wildman–Crippen LogP) is 5.99. The van der Waals surface area contributed by atoms with E-state index < -0.39 is 10.0 Å². The van der Waals surface area contributed by atoms with Gasteiger partial charge in [0.15, 0.2) is 5.13 Å². The van der Waals surface area contributed by atoms with Crippen LogP contribution in [0, 0.1) is 0 Å². The third-order valence-corrected chi connectivity index (χ3v) is 10.8. The molecule has 1 aromatic heterocycles. The second kappa shape index (κ2) is 10.9. The lowest BCUT2D eigenvalue weighted by Crippen LogP contribution is -2.37. The third-order valence-electron chi connectivity index (χ3n) is 7.23. The van der Waals surface area contributed by atoms with Gasteiger partial charge in [0.25, 0.3) is 15.9 Å². The number of hydrogen-bond donors (Lipinski definition) is 0. The molecule has 7 nitrogen and oxygen atoms in total. The third kappa shape index (κ3) is 5.18. The van der Waals surface area contributed by atoms with Crippen LogP contribution in [0.1, 0.15) is 35.2 Å². The van der Waals surface area contributed by atoms with Crippen molar-refractivity contribution in [3.63, 3.8) is 0 Å². The molecule has 6 rings (SSSR count). The SMILES string of the molecule is CSc1ccc2nc(N(CC3CCCO3)C(=O)c3ccc(S(=O)(=O)N4CCCc5ccccc54)cc3)sc2c1. The lowest BCUT2D eigenvalue weighted by molar-refractivity contribution is 0.0917. The van der Waals surface area contributed by atoms with Gasteiger partial charge in [0.05, 0.1) is 33.4 Å². The number of sulfonamides is 1. The summed E-state index contributed by atoms with van der Waals surface area (Å²) >= 11 is 3.15. The summed E-state index contributed by atoms with van der Waals surface area (Å²) < 4.78 is 35.5. The van der Waals surface area contributed by atoms with E-state index in [1.807, 2.05) is 42.7 Å². The molecule has 0 saturated carbocycles. The van der Waals surface area contributed by atoms with Crippen molar-refractivity contribution in [1.82, 2.24) is 4.98 Å². The zero-order valence-electron chi connectivity index (χ0n) is 21.6. The number of aromatic nitrogens is 1. The Morgan fingerprint density at radius 3 is 2.72 bits per heavy atom. The maximum atomic E-state index is 13.8. The Balaban J connectivity index is 1.30. The van der Waals surface area contributed by atoms with E-state index in [0.717, 1.165) is 52.0 Å². The molecule has 2 aliphatic rings. The number of benzene rings is 3. The largest absolute Gasteiger partial charge is 0.376 e.